The summed E-state index contributed by atoms with van der Waals surface area (Å²) < 4.78 is 31.3. The van der Waals surface area contributed by atoms with Gasteiger partial charge in [0, 0.05) is 26.3 Å². The fraction of sp³-hybridized carbons (Fsp3) is 0.250. The Morgan fingerprint density at radius 2 is 1.60 bits per heavy atom. The van der Waals surface area contributed by atoms with Gasteiger partial charge in [0.05, 0.1) is 6.61 Å². The number of nitrogens with one attached hydrogen (secondary N) is 1. The molecule has 0 aliphatic rings. The van der Waals surface area contributed by atoms with E-state index in [2.05, 4.69) is 5.32 Å². The molecule has 0 fully saturated rings. The molecule has 2 aromatic rings. The van der Waals surface area contributed by atoms with E-state index < -0.39 is 11.6 Å². The van der Waals surface area contributed by atoms with Crippen molar-refractivity contribution < 1.29 is 13.5 Å². The molecule has 0 aliphatic heterocycles. The SMILES string of the molecule is COCc1ccccc1CNCc1cc(F)cc(F)c1. The average Bonchev–Trinajstić information content (AvgIpc) is 2.40. The number of hydrogen-bond donors (Lipinski definition) is 1. The first kappa shape index (κ1) is 14.6. The van der Waals surface area contributed by atoms with Gasteiger partial charge in [-0.15, -0.1) is 0 Å². The fourth-order valence-electron chi connectivity index (χ4n) is 2.08. The van der Waals surface area contributed by atoms with Gasteiger partial charge >= 0.3 is 0 Å². The third kappa shape index (κ3) is 4.11. The van der Waals surface area contributed by atoms with Gasteiger partial charge in [0.1, 0.15) is 11.6 Å². The van der Waals surface area contributed by atoms with Gasteiger partial charge in [-0.05, 0) is 28.8 Å². The van der Waals surface area contributed by atoms with E-state index >= 15 is 0 Å². The zero-order valence-electron chi connectivity index (χ0n) is 11.3. The standard InChI is InChI=1S/C16H17F2NO/c1-20-11-14-5-3-2-4-13(14)10-19-9-12-6-15(17)8-16(18)7-12/h2-8,19H,9-11H2,1H3. The van der Waals surface area contributed by atoms with E-state index in [0.29, 0.717) is 25.3 Å². The molecular formula is C16H17F2NO. The lowest BCUT2D eigenvalue weighted by Crippen LogP contribution is -2.14. The van der Waals surface area contributed by atoms with E-state index in [9.17, 15) is 8.78 Å². The molecule has 0 radical (unpaired) electrons. The van der Waals surface area contributed by atoms with Crippen molar-refractivity contribution in [3.63, 3.8) is 0 Å². The first-order valence-corrected chi connectivity index (χ1v) is 6.40. The minimum absolute atomic E-state index is 0.413. The van der Waals surface area contributed by atoms with Crippen LogP contribution in [0, 0.1) is 11.6 Å². The molecule has 0 spiro atoms. The molecule has 2 rings (SSSR count). The zero-order chi connectivity index (χ0) is 14.4. The zero-order valence-corrected chi connectivity index (χ0v) is 11.3. The average molecular weight is 277 g/mol. The topological polar surface area (TPSA) is 21.3 Å². The largest absolute Gasteiger partial charge is 0.380 e. The maximum atomic E-state index is 13.1. The fourth-order valence-corrected chi connectivity index (χ4v) is 2.08. The Bertz CT molecular complexity index is 552. The predicted molar refractivity (Wildman–Crippen MR) is 74.1 cm³/mol. The number of methoxy groups -OCH3 is 1. The quantitative estimate of drug-likeness (QED) is 0.873. The van der Waals surface area contributed by atoms with Crippen LogP contribution in [0.2, 0.25) is 0 Å². The monoisotopic (exact) mass is 277 g/mol. The molecule has 4 heteroatoms. The molecule has 0 amide bonds. The van der Waals surface area contributed by atoms with Gasteiger partial charge in [0.2, 0.25) is 0 Å². The number of benzene rings is 2. The number of halogens is 2. The van der Waals surface area contributed by atoms with Gasteiger partial charge in [-0.1, -0.05) is 24.3 Å². The highest BCUT2D eigenvalue weighted by molar-refractivity contribution is 5.26. The molecule has 0 bridgehead atoms. The van der Waals surface area contributed by atoms with Crippen LogP contribution in [0.25, 0.3) is 0 Å². The normalized spacial score (nSPS) is 10.8. The van der Waals surface area contributed by atoms with Crippen LogP contribution in [0.1, 0.15) is 16.7 Å². The summed E-state index contributed by atoms with van der Waals surface area (Å²) >= 11 is 0. The minimum atomic E-state index is -0.554. The summed E-state index contributed by atoms with van der Waals surface area (Å²) in [6.45, 7) is 1.58. The van der Waals surface area contributed by atoms with E-state index in [0.717, 1.165) is 17.2 Å². The molecule has 0 aromatic heterocycles. The summed E-state index contributed by atoms with van der Waals surface area (Å²) in [6.07, 6.45) is 0. The van der Waals surface area contributed by atoms with Crippen molar-refractivity contribution in [3.8, 4) is 0 Å². The molecule has 2 nitrogen and oxygen atoms in total. The Hall–Kier alpha value is -1.78. The number of ether oxygens (including phenoxy) is 1. The van der Waals surface area contributed by atoms with Crippen LogP contribution >= 0.6 is 0 Å². The number of rotatable bonds is 6. The second-order valence-corrected chi connectivity index (χ2v) is 4.58. The molecule has 0 unspecified atom stereocenters. The summed E-state index contributed by atoms with van der Waals surface area (Å²) in [5.74, 6) is -1.11. The summed E-state index contributed by atoms with van der Waals surface area (Å²) in [5.41, 5.74) is 2.81. The summed E-state index contributed by atoms with van der Waals surface area (Å²) in [5, 5.41) is 3.18. The maximum Gasteiger partial charge on any atom is 0.126 e. The van der Waals surface area contributed by atoms with Crippen molar-refractivity contribution in [3.05, 3.63) is 70.8 Å². The Kier molecular flexibility index (Phi) is 5.21. The summed E-state index contributed by atoms with van der Waals surface area (Å²) in [7, 11) is 1.65. The van der Waals surface area contributed by atoms with Crippen molar-refractivity contribution in [1.82, 2.24) is 5.32 Å². The van der Waals surface area contributed by atoms with Gasteiger partial charge in [-0.2, -0.15) is 0 Å². The van der Waals surface area contributed by atoms with E-state index in [1.165, 1.54) is 12.1 Å². The van der Waals surface area contributed by atoms with Gasteiger partial charge < -0.3 is 10.1 Å². The highest BCUT2D eigenvalue weighted by Gasteiger charge is 2.03. The van der Waals surface area contributed by atoms with Gasteiger partial charge in [0.15, 0.2) is 0 Å². The molecule has 2 aromatic carbocycles. The lowest BCUT2D eigenvalue weighted by Gasteiger charge is -2.10. The Morgan fingerprint density at radius 1 is 0.950 bits per heavy atom. The molecule has 0 heterocycles. The highest BCUT2D eigenvalue weighted by atomic mass is 19.1. The van der Waals surface area contributed by atoms with Crippen LogP contribution in [-0.2, 0) is 24.4 Å². The smallest absolute Gasteiger partial charge is 0.126 e. The van der Waals surface area contributed by atoms with Crippen LogP contribution < -0.4 is 5.32 Å². The third-order valence-electron chi connectivity index (χ3n) is 2.99. The van der Waals surface area contributed by atoms with E-state index in [1.807, 2.05) is 24.3 Å². The van der Waals surface area contributed by atoms with E-state index in [4.69, 9.17) is 4.74 Å². The predicted octanol–water partition coefficient (Wildman–Crippen LogP) is 3.40. The molecule has 0 atom stereocenters. The molecule has 1 N–H and O–H groups in total. The summed E-state index contributed by atoms with van der Waals surface area (Å²) in [6, 6.07) is 11.5. The van der Waals surface area contributed by atoms with Crippen molar-refractivity contribution >= 4 is 0 Å². The van der Waals surface area contributed by atoms with Crippen LogP contribution in [0.4, 0.5) is 8.78 Å². The second kappa shape index (κ2) is 7.12. The third-order valence-corrected chi connectivity index (χ3v) is 2.99. The van der Waals surface area contributed by atoms with Crippen molar-refractivity contribution in [2.75, 3.05) is 7.11 Å². The van der Waals surface area contributed by atoms with E-state index in [1.54, 1.807) is 7.11 Å². The first-order valence-electron chi connectivity index (χ1n) is 6.40. The molecular weight excluding hydrogens is 260 g/mol. The Labute approximate surface area is 117 Å². The molecule has 20 heavy (non-hydrogen) atoms. The maximum absolute atomic E-state index is 13.1. The number of hydrogen-bond acceptors (Lipinski definition) is 2. The Balaban J connectivity index is 1.95. The van der Waals surface area contributed by atoms with Crippen LogP contribution in [0.3, 0.4) is 0 Å². The van der Waals surface area contributed by atoms with Crippen molar-refractivity contribution in [2.45, 2.75) is 19.7 Å². The van der Waals surface area contributed by atoms with Gasteiger partial charge in [0.25, 0.3) is 0 Å². The Morgan fingerprint density at radius 3 is 2.25 bits per heavy atom. The van der Waals surface area contributed by atoms with Gasteiger partial charge in [-0.25, -0.2) is 8.78 Å². The molecule has 0 aliphatic carbocycles. The highest BCUT2D eigenvalue weighted by Crippen LogP contribution is 2.11. The van der Waals surface area contributed by atoms with E-state index in [-0.39, 0.29) is 0 Å². The lowest BCUT2D eigenvalue weighted by molar-refractivity contribution is 0.184. The second-order valence-electron chi connectivity index (χ2n) is 4.58. The van der Waals surface area contributed by atoms with Gasteiger partial charge in [-0.3, -0.25) is 0 Å². The molecule has 106 valence electrons. The molecule has 0 saturated carbocycles. The molecule has 0 saturated heterocycles. The minimum Gasteiger partial charge on any atom is -0.380 e. The lowest BCUT2D eigenvalue weighted by atomic mass is 10.1. The van der Waals surface area contributed by atoms with Crippen LogP contribution in [-0.4, -0.2) is 7.11 Å². The van der Waals surface area contributed by atoms with Crippen molar-refractivity contribution in [2.24, 2.45) is 0 Å². The van der Waals surface area contributed by atoms with Crippen LogP contribution in [0.15, 0.2) is 42.5 Å². The van der Waals surface area contributed by atoms with Crippen molar-refractivity contribution in [1.29, 1.82) is 0 Å². The summed E-state index contributed by atoms with van der Waals surface area (Å²) in [4.78, 5) is 0. The van der Waals surface area contributed by atoms with Crippen LogP contribution in [0.5, 0.6) is 0 Å². The first-order chi connectivity index (χ1) is 9.69.